The SMILES string of the molecule is COc1ccc(C)cc1C(=O)NNC(=O)C(=O)NC(C)C. The van der Waals surface area contributed by atoms with Gasteiger partial charge in [-0.05, 0) is 32.9 Å². The van der Waals surface area contributed by atoms with Gasteiger partial charge in [-0.25, -0.2) is 0 Å². The Morgan fingerprint density at radius 3 is 2.33 bits per heavy atom. The van der Waals surface area contributed by atoms with Gasteiger partial charge in [0, 0.05) is 6.04 Å². The van der Waals surface area contributed by atoms with Gasteiger partial charge < -0.3 is 10.1 Å². The van der Waals surface area contributed by atoms with Crippen molar-refractivity contribution in [2.24, 2.45) is 0 Å². The number of benzene rings is 1. The Kier molecular flexibility index (Phi) is 5.71. The summed E-state index contributed by atoms with van der Waals surface area (Å²) in [5.74, 6) is -1.95. The molecule has 0 saturated carbocycles. The highest BCUT2D eigenvalue weighted by Crippen LogP contribution is 2.19. The fourth-order valence-corrected chi connectivity index (χ4v) is 1.56. The minimum Gasteiger partial charge on any atom is -0.496 e. The van der Waals surface area contributed by atoms with Crippen molar-refractivity contribution in [2.45, 2.75) is 26.8 Å². The summed E-state index contributed by atoms with van der Waals surface area (Å²) in [4.78, 5) is 34.8. The molecule has 0 spiro atoms. The molecule has 1 aromatic rings. The number of hydrogen-bond donors (Lipinski definition) is 3. The van der Waals surface area contributed by atoms with Crippen molar-refractivity contribution in [2.75, 3.05) is 7.11 Å². The highest BCUT2D eigenvalue weighted by molar-refractivity contribution is 6.35. The van der Waals surface area contributed by atoms with E-state index >= 15 is 0 Å². The van der Waals surface area contributed by atoms with E-state index in [1.165, 1.54) is 7.11 Å². The van der Waals surface area contributed by atoms with Crippen LogP contribution in [0, 0.1) is 6.92 Å². The van der Waals surface area contributed by atoms with Gasteiger partial charge in [-0.15, -0.1) is 0 Å². The summed E-state index contributed by atoms with van der Waals surface area (Å²) in [5, 5.41) is 2.41. The molecule has 0 aliphatic rings. The smallest absolute Gasteiger partial charge is 0.327 e. The third-order valence-electron chi connectivity index (χ3n) is 2.52. The van der Waals surface area contributed by atoms with Crippen LogP contribution >= 0.6 is 0 Å². The molecule has 0 heterocycles. The number of methoxy groups -OCH3 is 1. The van der Waals surface area contributed by atoms with Crippen molar-refractivity contribution < 1.29 is 19.1 Å². The summed E-state index contributed by atoms with van der Waals surface area (Å²) in [6, 6.07) is 4.90. The third-order valence-corrected chi connectivity index (χ3v) is 2.52. The summed E-state index contributed by atoms with van der Waals surface area (Å²) in [6.07, 6.45) is 0. The molecule has 1 aromatic carbocycles. The minimum absolute atomic E-state index is 0.171. The number of carbonyl (C=O) groups excluding carboxylic acids is 3. The van der Waals surface area contributed by atoms with E-state index in [0.717, 1.165) is 5.56 Å². The monoisotopic (exact) mass is 293 g/mol. The van der Waals surface area contributed by atoms with Gasteiger partial charge in [0.05, 0.1) is 12.7 Å². The Bertz CT molecular complexity index is 555. The molecule has 0 aromatic heterocycles. The zero-order valence-corrected chi connectivity index (χ0v) is 12.4. The van der Waals surface area contributed by atoms with E-state index in [4.69, 9.17) is 4.74 Å². The normalized spacial score (nSPS) is 9.95. The lowest BCUT2D eigenvalue weighted by Crippen LogP contribution is -2.49. The first-order valence-corrected chi connectivity index (χ1v) is 6.41. The number of amides is 3. The molecule has 1 rings (SSSR count). The lowest BCUT2D eigenvalue weighted by atomic mass is 10.1. The number of hydrazine groups is 1. The lowest BCUT2D eigenvalue weighted by molar-refractivity contribution is -0.139. The van der Waals surface area contributed by atoms with Crippen LogP contribution in [0.5, 0.6) is 5.75 Å². The predicted octanol–water partition coefficient (Wildman–Crippen LogP) is 0.289. The molecule has 3 amide bonds. The van der Waals surface area contributed by atoms with Gasteiger partial charge in [0.25, 0.3) is 5.91 Å². The summed E-state index contributed by atoms with van der Waals surface area (Å²) in [7, 11) is 1.44. The Balaban J connectivity index is 2.68. The van der Waals surface area contributed by atoms with E-state index in [1.54, 1.807) is 32.0 Å². The van der Waals surface area contributed by atoms with Crippen LogP contribution in [0.1, 0.15) is 29.8 Å². The maximum atomic E-state index is 12.0. The first-order valence-electron chi connectivity index (χ1n) is 6.41. The van der Waals surface area contributed by atoms with Crippen LogP contribution < -0.4 is 20.9 Å². The molecule has 0 bridgehead atoms. The van der Waals surface area contributed by atoms with E-state index in [-0.39, 0.29) is 11.6 Å². The van der Waals surface area contributed by atoms with Gasteiger partial charge in [0.2, 0.25) is 0 Å². The van der Waals surface area contributed by atoms with Crippen LogP contribution in [0.3, 0.4) is 0 Å². The second kappa shape index (κ2) is 7.28. The summed E-state index contributed by atoms with van der Waals surface area (Å²) >= 11 is 0. The zero-order chi connectivity index (χ0) is 16.0. The molecule has 3 N–H and O–H groups in total. The maximum absolute atomic E-state index is 12.0. The van der Waals surface area contributed by atoms with Crippen LogP contribution in [0.4, 0.5) is 0 Å². The molecule has 7 nitrogen and oxygen atoms in total. The molecule has 0 fully saturated rings. The summed E-state index contributed by atoms with van der Waals surface area (Å²) in [6.45, 7) is 5.27. The Labute approximate surface area is 123 Å². The Hall–Kier alpha value is -2.57. The molecular formula is C14H19N3O4. The van der Waals surface area contributed by atoms with E-state index in [1.807, 2.05) is 6.92 Å². The van der Waals surface area contributed by atoms with Crippen molar-refractivity contribution in [3.05, 3.63) is 29.3 Å². The highest BCUT2D eigenvalue weighted by atomic mass is 16.5. The van der Waals surface area contributed by atoms with Crippen LogP contribution in [-0.4, -0.2) is 30.9 Å². The molecule has 0 radical (unpaired) electrons. The Morgan fingerprint density at radius 2 is 1.76 bits per heavy atom. The molecular weight excluding hydrogens is 274 g/mol. The number of nitrogens with one attached hydrogen (secondary N) is 3. The van der Waals surface area contributed by atoms with Crippen LogP contribution in [-0.2, 0) is 9.59 Å². The van der Waals surface area contributed by atoms with E-state index < -0.39 is 17.7 Å². The average molecular weight is 293 g/mol. The van der Waals surface area contributed by atoms with E-state index in [2.05, 4.69) is 16.2 Å². The van der Waals surface area contributed by atoms with Crippen molar-refractivity contribution >= 4 is 17.7 Å². The molecule has 7 heteroatoms. The van der Waals surface area contributed by atoms with Gasteiger partial charge in [0.1, 0.15) is 5.75 Å². The first-order chi connectivity index (χ1) is 9.85. The summed E-state index contributed by atoms with van der Waals surface area (Å²) < 4.78 is 5.08. The van der Waals surface area contributed by atoms with Gasteiger partial charge in [-0.3, -0.25) is 25.2 Å². The van der Waals surface area contributed by atoms with Gasteiger partial charge >= 0.3 is 11.8 Å². The van der Waals surface area contributed by atoms with E-state index in [0.29, 0.717) is 5.75 Å². The standard InChI is InChI=1S/C14H19N3O4/c1-8(2)15-13(19)14(20)17-16-12(18)10-7-9(3)5-6-11(10)21-4/h5-8H,1-4H3,(H,15,19)(H,16,18)(H,17,20). The zero-order valence-electron chi connectivity index (χ0n) is 12.4. The number of aryl methyl sites for hydroxylation is 1. The van der Waals surface area contributed by atoms with Gasteiger partial charge in [0.15, 0.2) is 0 Å². The van der Waals surface area contributed by atoms with Gasteiger partial charge in [-0.1, -0.05) is 11.6 Å². The molecule has 21 heavy (non-hydrogen) atoms. The van der Waals surface area contributed by atoms with Crippen molar-refractivity contribution in [1.29, 1.82) is 0 Å². The Morgan fingerprint density at radius 1 is 1.10 bits per heavy atom. The number of rotatable bonds is 3. The number of ether oxygens (including phenoxy) is 1. The molecule has 0 atom stereocenters. The fourth-order valence-electron chi connectivity index (χ4n) is 1.56. The highest BCUT2D eigenvalue weighted by Gasteiger charge is 2.17. The molecule has 0 aliphatic carbocycles. The minimum atomic E-state index is -0.941. The lowest BCUT2D eigenvalue weighted by Gasteiger charge is -2.11. The van der Waals surface area contributed by atoms with E-state index in [9.17, 15) is 14.4 Å². The largest absolute Gasteiger partial charge is 0.496 e. The molecule has 0 unspecified atom stereocenters. The van der Waals surface area contributed by atoms with Crippen LogP contribution in [0.25, 0.3) is 0 Å². The van der Waals surface area contributed by atoms with Crippen LogP contribution in [0.15, 0.2) is 18.2 Å². The second-order valence-electron chi connectivity index (χ2n) is 4.74. The molecule has 114 valence electrons. The molecule has 0 aliphatic heterocycles. The number of carbonyl (C=O) groups is 3. The summed E-state index contributed by atoms with van der Waals surface area (Å²) in [5.41, 5.74) is 5.36. The quantitative estimate of drug-likeness (QED) is 0.551. The average Bonchev–Trinajstić information content (AvgIpc) is 2.43. The van der Waals surface area contributed by atoms with Crippen LogP contribution in [0.2, 0.25) is 0 Å². The maximum Gasteiger partial charge on any atom is 0.327 e. The van der Waals surface area contributed by atoms with Crippen molar-refractivity contribution in [3.63, 3.8) is 0 Å². The second-order valence-corrected chi connectivity index (χ2v) is 4.74. The van der Waals surface area contributed by atoms with Gasteiger partial charge in [-0.2, -0.15) is 0 Å². The topological polar surface area (TPSA) is 96.5 Å². The predicted molar refractivity (Wildman–Crippen MR) is 76.6 cm³/mol. The first kappa shape index (κ1) is 16.5. The molecule has 0 saturated heterocycles. The number of hydrogen-bond acceptors (Lipinski definition) is 4. The van der Waals surface area contributed by atoms with Crippen molar-refractivity contribution in [1.82, 2.24) is 16.2 Å². The third kappa shape index (κ3) is 4.79. The fraction of sp³-hybridized carbons (Fsp3) is 0.357. The van der Waals surface area contributed by atoms with Crippen molar-refractivity contribution in [3.8, 4) is 5.75 Å².